The van der Waals surface area contributed by atoms with E-state index in [1.807, 2.05) is 30.3 Å². The van der Waals surface area contributed by atoms with E-state index in [0.29, 0.717) is 36.2 Å². The summed E-state index contributed by atoms with van der Waals surface area (Å²) in [7, 11) is 0. The van der Waals surface area contributed by atoms with Crippen molar-refractivity contribution >= 4 is 34.2 Å². The van der Waals surface area contributed by atoms with Crippen LogP contribution in [0, 0.1) is 0 Å². The Hall–Kier alpha value is -2.01. The number of unbranched alkanes of at least 4 members (excludes halogenated alkanes) is 1. The quantitative estimate of drug-likeness (QED) is 0.625. The third-order valence-electron chi connectivity index (χ3n) is 5.17. The Kier molecular flexibility index (Phi) is 5.63. The summed E-state index contributed by atoms with van der Waals surface area (Å²) < 4.78 is 11.6. The molecule has 1 aliphatic rings. The van der Waals surface area contributed by atoms with Gasteiger partial charge < -0.3 is 9.15 Å². The summed E-state index contributed by atoms with van der Waals surface area (Å²) in [5.74, 6) is 0.618. The highest BCUT2D eigenvalue weighted by Gasteiger charge is 2.28. The van der Waals surface area contributed by atoms with Gasteiger partial charge in [0.25, 0.3) is 0 Å². The minimum atomic E-state index is -0.332. The van der Waals surface area contributed by atoms with E-state index in [0.717, 1.165) is 46.4 Å². The lowest BCUT2D eigenvalue weighted by Crippen LogP contribution is -3.10. The number of quaternary nitrogens is 1. The van der Waals surface area contributed by atoms with E-state index in [1.54, 1.807) is 6.07 Å². The molecule has 0 bridgehead atoms. The highest BCUT2D eigenvalue weighted by molar-refractivity contribution is 6.33. The summed E-state index contributed by atoms with van der Waals surface area (Å²) in [4.78, 5) is 13.4. The molecule has 0 spiro atoms. The normalized spacial score (nSPS) is 16.0. The van der Waals surface area contributed by atoms with Crippen LogP contribution in [0.25, 0.3) is 11.0 Å². The van der Waals surface area contributed by atoms with E-state index in [9.17, 15) is 4.79 Å². The molecule has 1 aliphatic heterocycles. The fraction of sp³-hybridized carbons (Fsp3) is 0.318. The molecule has 28 heavy (non-hydrogen) atoms. The molecule has 0 saturated carbocycles. The zero-order valence-electron chi connectivity index (χ0n) is 15.7. The number of hydrogen-bond donors (Lipinski definition) is 1. The van der Waals surface area contributed by atoms with Gasteiger partial charge in [-0.15, -0.1) is 0 Å². The fourth-order valence-corrected chi connectivity index (χ4v) is 4.24. The van der Waals surface area contributed by atoms with Gasteiger partial charge in [-0.2, -0.15) is 0 Å². The molecule has 1 unspecified atom stereocenters. The molecule has 2 heterocycles. The molecule has 1 N–H and O–H groups in total. The van der Waals surface area contributed by atoms with Crippen LogP contribution >= 0.6 is 23.2 Å². The minimum absolute atomic E-state index is 0.332. The first-order valence-corrected chi connectivity index (χ1v) is 10.3. The van der Waals surface area contributed by atoms with Crippen LogP contribution in [0.15, 0.2) is 45.6 Å². The second-order valence-corrected chi connectivity index (χ2v) is 8.04. The molecule has 1 atom stereocenters. The van der Waals surface area contributed by atoms with Gasteiger partial charge in [0.1, 0.15) is 13.1 Å². The van der Waals surface area contributed by atoms with E-state index < -0.39 is 0 Å². The third kappa shape index (κ3) is 3.77. The number of halogens is 2. The van der Waals surface area contributed by atoms with E-state index in [2.05, 4.69) is 6.92 Å². The summed E-state index contributed by atoms with van der Waals surface area (Å²) in [6, 6.07) is 11.2. The Bertz CT molecular complexity index is 1080. The van der Waals surface area contributed by atoms with Gasteiger partial charge in [0.2, 0.25) is 6.73 Å². The van der Waals surface area contributed by atoms with Crippen molar-refractivity contribution in [2.24, 2.45) is 0 Å². The fourth-order valence-electron chi connectivity index (χ4n) is 3.76. The lowest BCUT2D eigenvalue weighted by Gasteiger charge is -2.27. The molecule has 2 aromatic carbocycles. The van der Waals surface area contributed by atoms with Gasteiger partial charge >= 0.3 is 5.63 Å². The zero-order chi connectivity index (χ0) is 19.7. The van der Waals surface area contributed by atoms with Gasteiger partial charge in [0.05, 0.1) is 10.6 Å². The lowest BCUT2D eigenvalue weighted by atomic mass is 10.0. The summed E-state index contributed by atoms with van der Waals surface area (Å²) in [6.07, 6.45) is 2.89. The zero-order valence-corrected chi connectivity index (χ0v) is 17.2. The molecule has 1 aromatic heterocycles. The smallest absolute Gasteiger partial charge is 0.336 e. The molecular weight excluding hydrogens is 397 g/mol. The van der Waals surface area contributed by atoms with Crippen LogP contribution in [0.4, 0.5) is 0 Å². The molecular formula is C22H22Cl2NO3+. The van der Waals surface area contributed by atoms with Crippen LogP contribution in [0.5, 0.6) is 5.75 Å². The maximum absolute atomic E-state index is 12.2. The molecule has 4 rings (SSSR count). The van der Waals surface area contributed by atoms with Gasteiger partial charge in [-0.1, -0.05) is 54.7 Å². The average molecular weight is 419 g/mol. The van der Waals surface area contributed by atoms with Crippen molar-refractivity contribution in [2.45, 2.75) is 39.3 Å². The Balaban J connectivity index is 1.75. The number of hydrogen-bond acceptors (Lipinski definition) is 3. The molecule has 4 nitrogen and oxygen atoms in total. The Morgan fingerprint density at radius 1 is 1.11 bits per heavy atom. The predicted molar refractivity (Wildman–Crippen MR) is 111 cm³/mol. The van der Waals surface area contributed by atoms with Crippen molar-refractivity contribution in [2.75, 3.05) is 6.73 Å². The topological polar surface area (TPSA) is 43.9 Å². The number of benzene rings is 2. The second kappa shape index (κ2) is 8.16. The molecule has 0 amide bonds. The second-order valence-electron chi connectivity index (χ2n) is 7.22. The van der Waals surface area contributed by atoms with Crippen LogP contribution in [0.3, 0.4) is 0 Å². The van der Waals surface area contributed by atoms with Crippen molar-refractivity contribution in [1.82, 2.24) is 0 Å². The van der Waals surface area contributed by atoms with Gasteiger partial charge in [-0.3, -0.25) is 4.90 Å². The number of aryl methyl sites for hydroxylation is 1. The standard InChI is InChI=1S/C22H21Cl2NO3/c1-2-3-6-14-9-20(26)28-21-16(14)10-19(24)22-17(21)12-25(13-27-22)11-15-7-4-5-8-18(15)23/h4-5,7-10H,2-3,6,11-13H2,1H3/p+1. The molecule has 3 aromatic rings. The number of nitrogens with one attached hydrogen (secondary N) is 1. The maximum atomic E-state index is 12.2. The number of ether oxygens (including phenoxy) is 1. The monoisotopic (exact) mass is 418 g/mol. The average Bonchev–Trinajstić information content (AvgIpc) is 2.69. The van der Waals surface area contributed by atoms with Gasteiger partial charge in [0, 0.05) is 22.0 Å². The maximum Gasteiger partial charge on any atom is 0.336 e. The highest BCUT2D eigenvalue weighted by Crippen LogP contribution is 2.37. The molecule has 0 saturated heterocycles. The predicted octanol–water partition coefficient (Wildman–Crippen LogP) is 4.38. The largest absolute Gasteiger partial charge is 0.443 e. The van der Waals surface area contributed by atoms with Crippen LogP contribution < -0.4 is 15.3 Å². The van der Waals surface area contributed by atoms with E-state index in [-0.39, 0.29) is 5.63 Å². The lowest BCUT2D eigenvalue weighted by molar-refractivity contribution is -0.945. The number of rotatable bonds is 5. The summed E-state index contributed by atoms with van der Waals surface area (Å²) >= 11 is 12.8. The van der Waals surface area contributed by atoms with Crippen LogP contribution in [0.2, 0.25) is 10.0 Å². The molecule has 0 aliphatic carbocycles. The van der Waals surface area contributed by atoms with Crippen LogP contribution in [-0.2, 0) is 19.5 Å². The molecule has 0 fully saturated rings. The van der Waals surface area contributed by atoms with Crippen molar-refractivity contribution in [3.8, 4) is 5.75 Å². The molecule has 6 heteroatoms. The number of fused-ring (bicyclic) bond motifs is 3. The van der Waals surface area contributed by atoms with E-state index >= 15 is 0 Å². The minimum Gasteiger partial charge on any atom is -0.443 e. The van der Waals surface area contributed by atoms with Crippen LogP contribution in [-0.4, -0.2) is 6.73 Å². The van der Waals surface area contributed by atoms with Crippen LogP contribution in [0.1, 0.15) is 36.5 Å². The molecule has 0 radical (unpaired) electrons. The van der Waals surface area contributed by atoms with Crippen molar-refractivity contribution < 1.29 is 14.1 Å². The van der Waals surface area contributed by atoms with Gasteiger partial charge in [0.15, 0.2) is 11.3 Å². The summed E-state index contributed by atoms with van der Waals surface area (Å²) in [6.45, 7) is 3.97. The Labute approximate surface area is 173 Å². The summed E-state index contributed by atoms with van der Waals surface area (Å²) in [5, 5.41) is 2.20. The third-order valence-corrected chi connectivity index (χ3v) is 5.82. The Morgan fingerprint density at radius 2 is 1.93 bits per heavy atom. The highest BCUT2D eigenvalue weighted by atomic mass is 35.5. The van der Waals surface area contributed by atoms with Crippen molar-refractivity contribution in [3.63, 3.8) is 0 Å². The van der Waals surface area contributed by atoms with E-state index in [4.69, 9.17) is 32.4 Å². The van der Waals surface area contributed by atoms with Gasteiger partial charge in [-0.05, 0) is 30.5 Å². The first-order valence-electron chi connectivity index (χ1n) is 9.54. The van der Waals surface area contributed by atoms with Crippen molar-refractivity contribution in [3.05, 3.63) is 73.6 Å². The Morgan fingerprint density at radius 3 is 2.71 bits per heavy atom. The first-order chi connectivity index (χ1) is 13.6. The first kappa shape index (κ1) is 19.3. The SMILES string of the molecule is CCCCc1cc(=O)oc2c3c(c(Cl)cc12)OC[NH+](Cc1ccccc1Cl)C3. The van der Waals surface area contributed by atoms with Crippen molar-refractivity contribution in [1.29, 1.82) is 0 Å². The van der Waals surface area contributed by atoms with E-state index in [1.165, 1.54) is 4.90 Å². The summed E-state index contributed by atoms with van der Waals surface area (Å²) in [5.41, 5.74) is 3.15. The van der Waals surface area contributed by atoms with Gasteiger partial charge in [-0.25, -0.2) is 4.79 Å². The molecule has 146 valence electrons.